The van der Waals surface area contributed by atoms with Crippen molar-refractivity contribution in [3.05, 3.63) is 41.3 Å². The number of halogens is 1. The minimum absolute atomic E-state index is 0.0887. The van der Waals surface area contributed by atoms with Gasteiger partial charge in [0.2, 0.25) is 0 Å². The topological polar surface area (TPSA) is 110 Å². The van der Waals surface area contributed by atoms with Crippen LogP contribution >= 0.6 is 0 Å². The Morgan fingerprint density at radius 3 is 2.75 bits per heavy atom. The molecular formula is C16H19FN4O3. The average Bonchev–Trinajstić information content (AvgIpc) is 2.92. The Morgan fingerprint density at radius 2 is 2.12 bits per heavy atom. The highest BCUT2D eigenvalue weighted by Gasteiger charge is 2.17. The number of carbonyl (C=O) groups is 2. The molecule has 2 rings (SSSR count). The molecule has 0 fully saturated rings. The molecule has 24 heavy (non-hydrogen) atoms. The highest BCUT2D eigenvalue weighted by Crippen LogP contribution is 2.25. The van der Waals surface area contributed by atoms with Gasteiger partial charge in [0, 0.05) is 24.7 Å². The zero-order valence-electron chi connectivity index (χ0n) is 13.4. The highest BCUT2D eigenvalue weighted by atomic mass is 19.1. The lowest BCUT2D eigenvalue weighted by Crippen LogP contribution is -2.42. The maximum absolute atomic E-state index is 13.9. The number of carbonyl (C=O) groups excluding carboxylic acids is 1. The average molecular weight is 334 g/mol. The number of amides is 1. The Hall–Kier alpha value is -2.74. The van der Waals surface area contributed by atoms with E-state index in [1.54, 1.807) is 24.0 Å². The molecule has 0 spiro atoms. The maximum Gasteiger partial charge on any atom is 0.322 e. The molecule has 8 heteroatoms. The summed E-state index contributed by atoms with van der Waals surface area (Å²) in [5.74, 6) is -2.38. The van der Waals surface area contributed by atoms with E-state index in [1.807, 2.05) is 6.92 Å². The summed E-state index contributed by atoms with van der Waals surface area (Å²) in [6, 6.07) is 2.75. The van der Waals surface area contributed by atoms with Crippen LogP contribution < -0.4 is 11.1 Å². The number of nitrogens with zero attached hydrogens (tertiary/aromatic N) is 2. The first kappa shape index (κ1) is 17.6. The van der Waals surface area contributed by atoms with Gasteiger partial charge in [-0.25, -0.2) is 4.39 Å². The number of carboxylic acid groups (broad SMARTS) is 1. The van der Waals surface area contributed by atoms with Gasteiger partial charge in [0.1, 0.15) is 11.9 Å². The van der Waals surface area contributed by atoms with Crippen molar-refractivity contribution in [3.8, 4) is 11.3 Å². The van der Waals surface area contributed by atoms with Crippen LogP contribution in [0.1, 0.15) is 22.8 Å². The van der Waals surface area contributed by atoms with E-state index in [2.05, 4.69) is 10.4 Å². The normalized spacial score (nSPS) is 12.0. The van der Waals surface area contributed by atoms with Crippen LogP contribution in [0.5, 0.6) is 0 Å². The van der Waals surface area contributed by atoms with Gasteiger partial charge in [0.05, 0.1) is 11.9 Å². The predicted octanol–water partition coefficient (Wildman–Crippen LogP) is 0.930. The Morgan fingerprint density at radius 1 is 1.42 bits per heavy atom. The number of aliphatic carboxylic acids is 1. The van der Waals surface area contributed by atoms with Crippen LogP contribution in [0.15, 0.2) is 24.4 Å². The van der Waals surface area contributed by atoms with E-state index >= 15 is 0 Å². The number of aromatic nitrogens is 2. The molecule has 4 N–H and O–H groups in total. The van der Waals surface area contributed by atoms with Crippen molar-refractivity contribution in [1.82, 2.24) is 15.1 Å². The molecule has 1 heterocycles. The summed E-state index contributed by atoms with van der Waals surface area (Å²) in [5, 5.41) is 15.3. The number of benzene rings is 1. The molecule has 0 saturated carbocycles. The maximum atomic E-state index is 13.9. The van der Waals surface area contributed by atoms with Crippen molar-refractivity contribution < 1.29 is 19.1 Å². The molecule has 0 aliphatic rings. The van der Waals surface area contributed by atoms with Crippen LogP contribution in [0.3, 0.4) is 0 Å². The van der Waals surface area contributed by atoms with Crippen molar-refractivity contribution >= 4 is 11.9 Å². The van der Waals surface area contributed by atoms with E-state index in [0.717, 1.165) is 17.3 Å². The Bertz CT molecular complexity index is 773. The van der Waals surface area contributed by atoms with Gasteiger partial charge in [0.25, 0.3) is 5.91 Å². The second-order valence-electron chi connectivity index (χ2n) is 5.38. The first-order valence-electron chi connectivity index (χ1n) is 7.42. The lowest BCUT2D eigenvalue weighted by Gasteiger charge is -2.11. The van der Waals surface area contributed by atoms with E-state index in [1.165, 1.54) is 6.07 Å². The van der Waals surface area contributed by atoms with Gasteiger partial charge >= 0.3 is 5.97 Å². The SMILES string of the molecule is CCc1cnn(C)c1-c1cc(F)cc(C(=O)NC[C@@H](N)C(=O)O)c1. The summed E-state index contributed by atoms with van der Waals surface area (Å²) in [5.41, 5.74) is 7.62. The van der Waals surface area contributed by atoms with E-state index in [4.69, 9.17) is 10.8 Å². The molecule has 1 aromatic carbocycles. The number of carboxylic acids is 1. The number of nitrogens with one attached hydrogen (secondary N) is 1. The molecule has 1 amide bonds. The summed E-state index contributed by atoms with van der Waals surface area (Å²) in [6.07, 6.45) is 2.42. The minimum Gasteiger partial charge on any atom is -0.480 e. The fraction of sp³-hybridized carbons (Fsp3) is 0.312. The summed E-state index contributed by atoms with van der Waals surface area (Å²) in [4.78, 5) is 22.8. The summed E-state index contributed by atoms with van der Waals surface area (Å²) >= 11 is 0. The molecule has 1 aromatic heterocycles. The summed E-state index contributed by atoms with van der Waals surface area (Å²) in [6.45, 7) is 1.71. The number of hydrogen-bond acceptors (Lipinski definition) is 4. The zero-order valence-corrected chi connectivity index (χ0v) is 13.4. The second kappa shape index (κ2) is 7.22. The van der Waals surface area contributed by atoms with Crippen molar-refractivity contribution in [3.63, 3.8) is 0 Å². The van der Waals surface area contributed by atoms with Crippen molar-refractivity contribution in [2.75, 3.05) is 6.54 Å². The standard InChI is InChI=1S/C16H19FN4O3/c1-3-9-7-20-21(2)14(9)10-4-11(6-12(17)5-10)15(22)19-8-13(18)16(23)24/h4-7,13H,3,8,18H2,1-2H3,(H,19,22)(H,23,24)/t13-/m1/s1. The molecule has 0 aliphatic heterocycles. The van der Waals surface area contributed by atoms with E-state index < -0.39 is 23.7 Å². The van der Waals surface area contributed by atoms with Crippen LogP contribution in [0.2, 0.25) is 0 Å². The van der Waals surface area contributed by atoms with Crippen molar-refractivity contribution in [2.24, 2.45) is 12.8 Å². The lowest BCUT2D eigenvalue weighted by atomic mass is 10.0. The molecule has 0 radical (unpaired) electrons. The zero-order chi connectivity index (χ0) is 17.9. The smallest absolute Gasteiger partial charge is 0.322 e. The first-order valence-corrected chi connectivity index (χ1v) is 7.42. The number of aryl methyl sites for hydroxylation is 2. The van der Waals surface area contributed by atoms with Gasteiger partial charge in [-0.3, -0.25) is 14.3 Å². The van der Waals surface area contributed by atoms with Gasteiger partial charge in [0.15, 0.2) is 0 Å². The van der Waals surface area contributed by atoms with Crippen molar-refractivity contribution in [1.29, 1.82) is 0 Å². The monoisotopic (exact) mass is 334 g/mol. The van der Waals surface area contributed by atoms with Crippen LogP contribution in [-0.4, -0.2) is 39.4 Å². The molecule has 7 nitrogen and oxygen atoms in total. The van der Waals surface area contributed by atoms with E-state index in [9.17, 15) is 14.0 Å². The van der Waals surface area contributed by atoms with Crippen LogP contribution in [0, 0.1) is 5.82 Å². The lowest BCUT2D eigenvalue weighted by molar-refractivity contribution is -0.138. The van der Waals surface area contributed by atoms with Gasteiger partial charge in [-0.05, 0) is 30.2 Å². The molecule has 0 aliphatic carbocycles. The first-order chi connectivity index (χ1) is 11.3. The fourth-order valence-electron chi connectivity index (χ4n) is 2.36. The third kappa shape index (κ3) is 3.77. The third-order valence-corrected chi connectivity index (χ3v) is 3.63. The van der Waals surface area contributed by atoms with Crippen LogP contribution in [0.4, 0.5) is 4.39 Å². The van der Waals surface area contributed by atoms with Crippen LogP contribution in [-0.2, 0) is 18.3 Å². The number of hydrogen-bond donors (Lipinski definition) is 3. The largest absolute Gasteiger partial charge is 0.480 e. The van der Waals surface area contributed by atoms with Gasteiger partial charge in [-0.2, -0.15) is 5.10 Å². The molecule has 1 atom stereocenters. The molecule has 2 aromatic rings. The van der Waals surface area contributed by atoms with Gasteiger partial charge in [-0.15, -0.1) is 0 Å². The third-order valence-electron chi connectivity index (χ3n) is 3.63. The number of nitrogens with two attached hydrogens (primary N) is 1. The highest BCUT2D eigenvalue weighted by molar-refractivity contribution is 5.95. The summed E-state index contributed by atoms with van der Waals surface area (Å²) in [7, 11) is 1.74. The molecule has 0 bridgehead atoms. The second-order valence-corrected chi connectivity index (χ2v) is 5.38. The molecule has 0 unspecified atom stereocenters. The molecule has 0 saturated heterocycles. The quantitative estimate of drug-likeness (QED) is 0.728. The molecular weight excluding hydrogens is 315 g/mol. The summed E-state index contributed by atoms with van der Waals surface area (Å²) < 4.78 is 15.6. The Balaban J connectivity index is 2.30. The fourth-order valence-corrected chi connectivity index (χ4v) is 2.36. The van der Waals surface area contributed by atoms with Crippen molar-refractivity contribution in [2.45, 2.75) is 19.4 Å². The predicted molar refractivity (Wildman–Crippen MR) is 85.9 cm³/mol. The Labute approximate surface area is 138 Å². The molecule has 128 valence electrons. The van der Waals surface area contributed by atoms with Gasteiger partial charge < -0.3 is 16.2 Å². The van der Waals surface area contributed by atoms with Gasteiger partial charge in [-0.1, -0.05) is 6.92 Å². The minimum atomic E-state index is -1.22. The van der Waals surface area contributed by atoms with E-state index in [0.29, 0.717) is 12.0 Å². The Kier molecular flexibility index (Phi) is 5.30. The van der Waals surface area contributed by atoms with Crippen LogP contribution in [0.25, 0.3) is 11.3 Å². The number of rotatable bonds is 6. The van der Waals surface area contributed by atoms with E-state index in [-0.39, 0.29) is 12.1 Å².